The zero-order valence-electron chi connectivity index (χ0n) is 9.86. The standard InChI is InChI=1S/C15H13ClN2/c16-12-5-6-13-14(7-8-17-15(13)9-12)18-10-11-3-1-2-4-11/h1,3-9H,2,10H2,(H,17,18). The maximum Gasteiger partial charge on any atom is 0.0737 e. The second kappa shape index (κ2) is 4.83. The lowest BCUT2D eigenvalue weighted by Gasteiger charge is -2.09. The van der Waals surface area contributed by atoms with E-state index < -0.39 is 0 Å². The van der Waals surface area contributed by atoms with Gasteiger partial charge in [0.15, 0.2) is 0 Å². The number of rotatable bonds is 3. The van der Waals surface area contributed by atoms with E-state index >= 15 is 0 Å². The molecule has 3 rings (SSSR count). The molecule has 1 aromatic carbocycles. The van der Waals surface area contributed by atoms with Crippen LogP contribution in [0.5, 0.6) is 0 Å². The second-order valence-corrected chi connectivity index (χ2v) is 4.73. The van der Waals surface area contributed by atoms with Crippen LogP contribution >= 0.6 is 11.6 Å². The second-order valence-electron chi connectivity index (χ2n) is 4.29. The van der Waals surface area contributed by atoms with E-state index in [4.69, 9.17) is 11.6 Å². The lowest BCUT2D eigenvalue weighted by atomic mass is 10.2. The zero-order chi connectivity index (χ0) is 12.4. The molecule has 18 heavy (non-hydrogen) atoms. The van der Waals surface area contributed by atoms with Gasteiger partial charge in [0.1, 0.15) is 0 Å². The number of nitrogens with one attached hydrogen (secondary N) is 1. The third kappa shape index (κ3) is 2.24. The van der Waals surface area contributed by atoms with Gasteiger partial charge in [-0.1, -0.05) is 29.8 Å². The highest BCUT2D eigenvalue weighted by Crippen LogP contribution is 2.24. The molecule has 0 saturated carbocycles. The first kappa shape index (κ1) is 11.3. The van der Waals surface area contributed by atoms with Crippen molar-refractivity contribution in [3.8, 4) is 0 Å². The first-order valence-electron chi connectivity index (χ1n) is 5.97. The number of anilines is 1. The highest BCUT2D eigenvalue weighted by molar-refractivity contribution is 6.31. The van der Waals surface area contributed by atoms with Crippen molar-refractivity contribution in [3.05, 3.63) is 59.3 Å². The number of nitrogens with zero attached hydrogens (tertiary/aromatic N) is 1. The van der Waals surface area contributed by atoms with E-state index in [-0.39, 0.29) is 0 Å². The molecule has 90 valence electrons. The average molecular weight is 257 g/mol. The van der Waals surface area contributed by atoms with E-state index in [1.165, 1.54) is 5.57 Å². The fraction of sp³-hybridized carbons (Fsp3) is 0.133. The van der Waals surface area contributed by atoms with E-state index in [0.717, 1.165) is 29.6 Å². The summed E-state index contributed by atoms with van der Waals surface area (Å²) in [7, 11) is 0. The first-order valence-corrected chi connectivity index (χ1v) is 6.34. The Bertz CT molecular complexity index is 644. The molecular formula is C15H13ClN2. The van der Waals surface area contributed by atoms with Crippen molar-refractivity contribution in [1.82, 2.24) is 4.98 Å². The fourth-order valence-corrected chi connectivity index (χ4v) is 2.28. The summed E-state index contributed by atoms with van der Waals surface area (Å²) in [6, 6.07) is 7.78. The van der Waals surface area contributed by atoms with Gasteiger partial charge in [0, 0.05) is 28.8 Å². The van der Waals surface area contributed by atoms with Crippen LogP contribution in [0.1, 0.15) is 6.42 Å². The van der Waals surface area contributed by atoms with Crippen molar-refractivity contribution < 1.29 is 0 Å². The van der Waals surface area contributed by atoms with Gasteiger partial charge in [-0.05, 0) is 36.3 Å². The molecule has 3 heteroatoms. The minimum absolute atomic E-state index is 0.716. The fourth-order valence-electron chi connectivity index (χ4n) is 2.11. The third-order valence-electron chi connectivity index (χ3n) is 3.04. The molecule has 1 aliphatic carbocycles. The smallest absolute Gasteiger partial charge is 0.0737 e. The van der Waals surface area contributed by atoms with Crippen molar-refractivity contribution in [3.63, 3.8) is 0 Å². The quantitative estimate of drug-likeness (QED) is 0.891. The molecule has 0 atom stereocenters. The van der Waals surface area contributed by atoms with E-state index in [9.17, 15) is 0 Å². The number of pyridine rings is 1. The summed E-state index contributed by atoms with van der Waals surface area (Å²) < 4.78 is 0. The molecule has 0 fully saturated rings. The predicted molar refractivity (Wildman–Crippen MR) is 77.1 cm³/mol. The van der Waals surface area contributed by atoms with Crippen LogP contribution in [0.4, 0.5) is 5.69 Å². The Hall–Kier alpha value is -1.80. The number of aromatic nitrogens is 1. The summed E-state index contributed by atoms with van der Waals surface area (Å²) >= 11 is 5.97. The third-order valence-corrected chi connectivity index (χ3v) is 3.27. The molecule has 1 aromatic heterocycles. The van der Waals surface area contributed by atoms with Crippen LogP contribution in [0.15, 0.2) is 54.3 Å². The molecule has 0 radical (unpaired) electrons. The van der Waals surface area contributed by atoms with E-state index in [2.05, 4.69) is 28.5 Å². The molecule has 0 amide bonds. The summed E-state index contributed by atoms with van der Waals surface area (Å²) in [4.78, 5) is 4.33. The summed E-state index contributed by atoms with van der Waals surface area (Å²) in [6.45, 7) is 0.845. The molecule has 1 N–H and O–H groups in total. The molecule has 1 heterocycles. The monoisotopic (exact) mass is 256 g/mol. The minimum atomic E-state index is 0.716. The predicted octanol–water partition coefficient (Wildman–Crippen LogP) is 4.19. The lowest BCUT2D eigenvalue weighted by Crippen LogP contribution is -2.03. The van der Waals surface area contributed by atoms with Gasteiger partial charge >= 0.3 is 0 Å². The van der Waals surface area contributed by atoms with Crippen LogP contribution < -0.4 is 5.32 Å². The summed E-state index contributed by atoms with van der Waals surface area (Å²) in [5, 5.41) is 5.26. The Labute approximate surface area is 111 Å². The van der Waals surface area contributed by atoms with Gasteiger partial charge in [-0.25, -0.2) is 0 Å². The maximum absolute atomic E-state index is 5.97. The Balaban J connectivity index is 1.89. The van der Waals surface area contributed by atoms with Crippen molar-refractivity contribution >= 4 is 28.2 Å². The molecule has 0 unspecified atom stereocenters. The molecule has 0 aliphatic heterocycles. The molecule has 2 aromatic rings. The Morgan fingerprint density at radius 1 is 1.28 bits per heavy atom. The van der Waals surface area contributed by atoms with Crippen molar-refractivity contribution in [1.29, 1.82) is 0 Å². The average Bonchev–Trinajstić information content (AvgIpc) is 2.89. The van der Waals surface area contributed by atoms with Crippen LogP contribution in [0.2, 0.25) is 5.02 Å². The van der Waals surface area contributed by atoms with Crippen LogP contribution in [0.25, 0.3) is 10.9 Å². The maximum atomic E-state index is 5.97. The normalized spacial score (nSPS) is 13.9. The van der Waals surface area contributed by atoms with Gasteiger partial charge in [0.25, 0.3) is 0 Å². The largest absolute Gasteiger partial charge is 0.380 e. The number of halogens is 1. The SMILES string of the molecule is Clc1ccc2c(NCC3=CCC=C3)ccnc2c1. The summed E-state index contributed by atoms with van der Waals surface area (Å²) in [5.41, 5.74) is 3.34. The van der Waals surface area contributed by atoms with Gasteiger partial charge in [-0.3, -0.25) is 4.98 Å². The zero-order valence-corrected chi connectivity index (χ0v) is 10.6. The lowest BCUT2D eigenvalue weighted by molar-refractivity contribution is 1.26. The summed E-state index contributed by atoms with van der Waals surface area (Å²) in [6.07, 6.45) is 9.41. The van der Waals surface area contributed by atoms with Gasteiger partial charge in [-0.2, -0.15) is 0 Å². The number of allylic oxidation sites excluding steroid dienone is 2. The van der Waals surface area contributed by atoms with Gasteiger partial charge in [0.05, 0.1) is 5.52 Å². The van der Waals surface area contributed by atoms with Crippen molar-refractivity contribution in [2.45, 2.75) is 6.42 Å². The molecule has 2 nitrogen and oxygen atoms in total. The first-order chi connectivity index (χ1) is 8.83. The van der Waals surface area contributed by atoms with E-state index in [1.54, 1.807) is 6.20 Å². The summed E-state index contributed by atoms with van der Waals surface area (Å²) in [5.74, 6) is 0. The molecule has 1 aliphatic rings. The highest BCUT2D eigenvalue weighted by atomic mass is 35.5. The van der Waals surface area contributed by atoms with Crippen molar-refractivity contribution in [2.75, 3.05) is 11.9 Å². The number of fused-ring (bicyclic) bond motifs is 1. The Morgan fingerprint density at radius 2 is 2.22 bits per heavy atom. The minimum Gasteiger partial charge on any atom is -0.380 e. The molecular weight excluding hydrogens is 244 g/mol. The molecule has 0 saturated heterocycles. The molecule has 0 spiro atoms. The number of hydrogen-bond donors (Lipinski definition) is 1. The van der Waals surface area contributed by atoms with E-state index in [0.29, 0.717) is 5.02 Å². The van der Waals surface area contributed by atoms with Gasteiger partial charge < -0.3 is 5.32 Å². The van der Waals surface area contributed by atoms with Crippen LogP contribution in [0.3, 0.4) is 0 Å². The van der Waals surface area contributed by atoms with Crippen molar-refractivity contribution in [2.24, 2.45) is 0 Å². The number of benzene rings is 1. The van der Waals surface area contributed by atoms with Crippen LogP contribution in [-0.2, 0) is 0 Å². The van der Waals surface area contributed by atoms with E-state index in [1.807, 2.05) is 24.3 Å². The topological polar surface area (TPSA) is 24.9 Å². The van der Waals surface area contributed by atoms with Crippen LogP contribution in [-0.4, -0.2) is 11.5 Å². The Kier molecular flexibility index (Phi) is 3.03. The highest BCUT2D eigenvalue weighted by Gasteiger charge is 2.03. The van der Waals surface area contributed by atoms with Gasteiger partial charge in [0.2, 0.25) is 0 Å². The Morgan fingerprint density at radius 3 is 3.06 bits per heavy atom. The van der Waals surface area contributed by atoms with Gasteiger partial charge in [-0.15, -0.1) is 0 Å². The van der Waals surface area contributed by atoms with Crippen LogP contribution in [0, 0.1) is 0 Å². The molecule has 0 bridgehead atoms. The number of hydrogen-bond acceptors (Lipinski definition) is 2.